The molecule has 16 heavy (non-hydrogen) atoms. The van der Waals surface area contributed by atoms with Crippen LogP contribution in [0.3, 0.4) is 0 Å². The Labute approximate surface area is 100 Å². The lowest BCUT2D eigenvalue weighted by Gasteiger charge is -2.14. The van der Waals surface area contributed by atoms with E-state index >= 15 is 0 Å². The van der Waals surface area contributed by atoms with E-state index in [1.54, 1.807) is 19.0 Å². The Morgan fingerprint density at radius 2 is 2.31 bits per heavy atom. The van der Waals surface area contributed by atoms with Crippen molar-refractivity contribution in [2.45, 2.75) is 12.3 Å². The van der Waals surface area contributed by atoms with E-state index in [-0.39, 0.29) is 11.8 Å². The first-order valence-electron chi connectivity index (χ1n) is 5.31. The average molecular weight is 239 g/mol. The summed E-state index contributed by atoms with van der Waals surface area (Å²) in [5.74, 6) is 0.392. The first-order chi connectivity index (χ1) is 7.58. The second-order valence-corrected chi connectivity index (χ2v) is 4.74. The van der Waals surface area contributed by atoms with Crippen molar-refractivity contribution in [3.05, 3.63) is 28.8 Å². The summed E-state index contributed by atoms with van der Waals surface area (Å²) in [7, 11) is 3.56. The first kappa shape index (κ1) is 11.3. The van der Waals surface area contributed by atoms with Gasteiger partial charge < -0.3 is 10.2 Å². The summed E-state index contributed by atoms with van der Waals surface area (Å²) in [6.07, 6.45) is 0.535. The molecule has 0 spiro atoms. The molecule has 0 fully saturated rings. The highest BCUT2D eigenvalue weighted by Crippen LogP contribution is 2.35. The van der Waals surface area contributed by atoms with Gasteiger partial charge in [-0.1, -0.05) is 11.6 Å². The van der Waals surface area contributed by atoms with E-state index in [1.807, 2.05) is 18.2 Å². The standard InChI is InChI=1S/C12H15ClN2O/c1-15(2)12(16)5-8-7-14-11-4-3-9(13)6-10(8)11/h3-4,6,8,14H,5,7H2,1-2H3/t8-/m1/s1. The van der Waals surface area contributed by atoms with Gasteiger partial charge in [0, 0.05) is 43.7 Å². The Balaban J connectivity index is 2.17. The van der Waals surface area contributed by atoms with Crippen molar-refractivity contribution in [1.82, 2.24) is 4.90 Å². The molecule has 1 aromatic carbocycles. The van der Waals surface area contributed by atoms with E-state index < -0.39 is 0 Å². The molecule has 0 unspecified atom stereocenters. The average Bonchev–Trinajstić information content (AvgIpc) is 2.61. The van der Waals surface area contributed by atoms with E-state index in [0.29, 0.717) is 6.42 Å². The van der Waals surface area contributed by atoms with Crippen molar-refractivity contribution in [2.75, 3.05) is 26.0 Å². The minimum atomic E-state index is 0.152. The zero-order chi connectivity index (χ0) is 11.7. The molecule has 1 aromatic rings. The number of rotatable bonds is 2. The Morgan fingerprint density at radius 1 is 1.56 bits per heavy atom. The maximum Gasteiger partial charge on any atom is 0.222 e. The zero-order valence-electron chi connectivity index (χ0n) is 9.46. The van der Waals surface area contributed by atoms with Crippen molar-refractivity contribution in [3.8, 4) is 0 Å². The molecule has 1 aliphatic rings. The summed E-state index contributed by atoms with van der Waals surface area (Å²) in [4.78, 5) is 13.3. The number of hydrogen-bond donors (Lipinski definition) is 1. The maximum atomic E-state index is 11.7. The fraction of sp³-hybridized carbons (Fsp3) is 0.417. The number of benzene rings is 1. The lowest BCUT2D eigenvalue weighted by molar-refractivity contribution is -0.129. The lowest BCUT2D eigenvalue weighted by Crippen LogP contribution is -2.24. The highest BCUT2D eigenvalue weighted by atomic mass is 35.5. The molecule has 0 aromatic heterocycles. The van der Waals surface area contributed by atoms with Gasteiger partial charge in [-0.2, -0.15) is 0 Å². The van der Waals surface area contributed by atoms with Gasteiger partial charge in [-0.05, 0) is 23.8 Å². The summed E-state index contributed by atoms with van der Waals surface area (Å²) in [6, 6.07) is 5.78. The van der Waals surface area contributed by atoms with Crippen molar-refractivity contribution in [3.63, 3.8) is 0 Å². The minimum Gasteiger partial charge on any atom is -0.384 e. The molecule has 1 N–H and O–H groups in total. The fourth-order valence-corrected chi connectivity index (χ4v) is 2.13. The molecule has 0 saturated heterocycles. The fourth-order valence-electron chi connectivity index (χ4n) is 1.95. The largest absolute Gasteiger partial charge is 0.384 e. The van der Waals surface area contributed by atoms with Gasteiger partial charge in [0.2, 0.25) is 5.91 Å². The quantitative estimate of drug-likeness (QED) is 0.858. The molecule has 0 radical (unpaired) electrons. The molecule has 3 nitrogen and oxygen atoms in total. The van der Waals surface area contributed by atoms with Crippen LogP contribution in [-0.2, 0) is 4.79 Å². The normalized spacial score (nSPS) is 17.8. The number of carbonyl (C=O) groups is 1. The number of amides is 1. The molecule has 2 rings (SSSR count). The minimum absolute atomic E-state index is 0.152. The van der Waals surface area contributed by atoms with Crippen LogP contribution in [0.5, 0.6) is 0 Å². The Morgan fingerprint density at radius 3 is 3.00 bits per heavy atom. The summed E-state index contributed by atoms with van der Waals surface area (Å²) in [5.41, 5.74) is 2.25. The number of anilines is 1. The van der Waals surface area contributed by atoms with Gasteiger partial charge in [0.25, 0.3) is 0 Å². The van der Waals surface area contributed by atoms with Gasteiger partial charge in [-0.3, -0.25) is 4.79 Å². The Hall–Kier alpha value is -1.22. The molecule has 1 aliphatic heterocycles. The molecule has 86 valence electrons. The highest BCUT2D eigenvalue weighted by Gasteiger charge is 2.25. The lowest BCUT2D eigenvalue weighted by atomic mass is 9.97. The maximum absolute atomic E-state index is 11.7. The van der Waals surface area contributed by atoms with Crippen LogP contribution in [0.1, 0.15) is 17.9 Å². The van der Waals surface area contributed by atoms with E-state index in [1.165, 1.54) is 0 Å². The van der Waals surface area contributed by atoms with Crippen LogP contribution in [0.15, 0.2) is 18.2 Å². The second kappa shape index (κ2) is 4.34. The van der Waals surface area contributed by atoms with Gasteiger partial charge in [0.1, 0.15) is 0 Å². The third-order valence-electron chi connectivity index (χ3n) is 2.91. The van der Waals surface area contributed by atoms with E-state index in [2.05, 4.69) is 5.32 Å². The summed E-state index contributed by atoms with van der Waals surface area (Å²) in [5, 5.41) is 4.02. The van der Waals surface area contributed by atoms with Crippen molar-refractivity contribution >= 4 is 23.2 Å². The second-order valence-electron chi connectivity index (χ2n) is 4.30. The topological polar surface area (TPSA) is 32.3 Å². The third kappa shape index (κ3) is 2.14. The van der Waals surface area contributed by atoms with Crippen molar-refractivity contribution in [2.24, 2.45) is 0 Å². The SMILES string of the molecule is CN(C)C(=O)C[C@@H]1CNc2ccc(Cl)cc21. The predicted octanol–water partition coefficient (Wildman–Crippen LogP) is 2.33. The van der Waals surface area contributed by atoms with Gasteiger partial charge in [0.15, 0.2) is 0 Å². The number of nitrogens with one attached hydrogen (secondary N) is 1. The third-order valence-corrected chi connectivity index (χ3v) is 3.15. The molecule has 0 bridgehead atoms. The molecule has 1 heterocycles. The number of halogens is 1. The predicted molar refractivity (Wildman–Crippen MR) is 66.0 cm³/mol. The van der Waals surface area contributed by atoms with Gasteiger partial charge in [-0.15, -0.1) is 0 Å². The van der Waals surface area contributed by atoms with Gasteiger partial charge in [-0.25, -0.2) is 0 Å². The van der Waals surface area contributed by atoms with Gasteiger partial charge in [0.05, 0.1) is 0 Å². The number of fused-ring (bicyclic) bond motifs is 1. The number of carbonyl (C=O) groups excluding carboxylic acids is 1. The highest BCUT2D eigenvalue weighted by molar-refractivity contribution is 6.30. The molecule has 4 heteroatoms. The van der Waals surface area contributed by atoms with Crippen LogP contribution >= 0.6 is 11.6 Å². The molecule has 1 atom stereocenters. The van der Waals surface area contributed by atoms with Crippen molar-refractivity contribution < 1.29 is 4.79 Å². The monoisotopic (exact) mass is 238 g/mol. The molecule has 0 aliphatic carbocycles. The summed E-state index contributed by atoms with van der Waals surface area (Å²) in [6.45, 7) is 0.815. The Kier molecular flexibility index (Phi) is 3.06. The molecular formula is C12H15ClN2O. The summed E-state index contributed by atoms with van der Waals surface area (Å²) >= 11 is 5.96. The first-order valence-corrected chi connectivity index (χ1v) is 5.69. The van der Waals surface area contributed by atoms with E-state index in [0.717, 1.165) is 22.8 Å². The molecular weight excluding hydrogens is 224 g/mol. The van der Waals surface area contributed by atoms with Crippen LogP contribution in [0.4, 0.5) is 5.69 Å². The number of nitrogens with zero attached hydrogens (tertiary/aromatic N) is 1. The van der Waals surface area contributed by atoms with Crippen LogP contribution in [0.2, 0.25) is 5.02 Å². The van der Waals surface area contributed by atoms with E-state index in [4.69, 9.17) is 11.6 Å². The molecule has 0 saturated carbocycles. The van der Waals surface area contributed by atoms with E-state index in [9.17, 15) is 4.79 Å². The smallest absolute Gasteiger partial charge is 0.222 e. The van der Waals surface area contributed by atoms with Crippen LogP contribution < -0.4 is 5.32 Å². The van der Waals surface area contributed by atoms with Crippen LogP contribution in [0, 0.1) is 0 Å². The zero-order valence-corrected chi connectivity index (χ0v) is 10.2. The van der Waals surface area contributed by atoms with Crippen LogP contribution in [0.25, 0.3) is 0 Å². The molecule has 1 amide bonds. The van der Waals surface area contributed by atoms with Gasteiger partial charge >= 0.3 is 0 Å². The Bertz CT molecular complexity index is 417. The number of hydrogen-bond acceptors (Lipinski definition) is 2. The summed E-state index contributed by atoms with van der Waals surface area (Å²) < 4.78 is 0. The van der Waals surface area contributed by atoms with Crippen molar-refractivity contribution in [1.29, 1.82) is 0 Å². The van der Waals surface area contributed by atoms with Crippen LogP contribution in [-0.4, -0.2) is 31.4 Å².